The van der Waals surface area contributed by atoms with Crippen molar-refractivity contribution in [3.63, 3.8) is 0 Å². The second kappa shape index (κ2) is 6.29. The number of hydrogen-bond donors (Lipinski definition) is 1. The topological polar surface area (TPSA) is 38.3 Å². The number of halogens is 1. The number of amides is 1. The number of ether oxygens (including phenoxy) is 1. The van der Waals surface area contributed by atoms with Gasteiger partial charge in [-0.25, -0.2) is 0 Å². The lowest BCUT2D eigenvalue weighted by Gasteiger charge is -2.10. The molecule has 0 aromatic heterocycles. The first kappa shape index (κ1) is 14.1. The summed E-state index contributed by atoms with van der Waals surface area (Å²) in [6, 6.07) is 15.5. The SMILES string of the molecule is O=C(Nc1cccc(-c2ccc(Cl)cc2)c1)C1CCOC1. The molecule has 108 valence electrons. The summed E-state index contributed by atoms with van der Waals surface area (Å²) in [7, 11) is 0. The zero-order chi connectivity index (χ0) is 14.7. The van der Waals surface area contributed by atoms with Crippen molar-refractivity contribution in [3.05, 3.63) is 53.6 Å². The van der Waals surface area contributed by atoms with Crippen molar-refractivity contribution in [3.8, 4) is 11.1 Å². The third-order valence-corrected chi connectivity index (χ3v) is 3.86. The molecule has 1 saturated heterocycles. The number of benzene rings is 2. The van der Waals surface area contributed by atoms with Crippen molar-refractivity contribution < 1.29 is 9.53 Å². The maximum atomic E-state index is 12.1. The van der Waals surface area contributed by atoms with Crippen LogP contribution in [0.15, 0.2) is 48.5 Å². The highest BCUT2D eigenvalue weighted by atomic mass is 35.5. The number of anilines is 1. The van der Waals surface area contributed by atoms with Crippen LogP contribution in [0.25, 0.3) is 11.1 Å². The van der Waals surface area contributed by atoms with Gasteiger partial charge in [0.1, 0.15) is 0 Å². The molecule has 1 N–H and O–H groups in total. The normalized spacial score (nSPS) is 17.7. The van der Waals surface area contributed by atoms with Gasteiger partial charge in [0.05, 0.1) is 12.5 Å². The summed E-state index contributed by atoms with van der Waals surface area (Å²) in [6.07, 6.45) is 0.794. The highest BCUT2D eigenvalue weighted by Crippen LogP contribution is 2.25. The molecule has 1 aliphatic rings. The second-order valence-electron chi connectivity index (χ2n) is 5.14. The second-order valence-corrected chi connectivity index (χ2v) is 5.57. The molecule has 3 rings (SSSR count). The summed E-state index contributed by atoms with van der Waals surface area (Å²) in [6.45, 7) is 1.19. The Morgan fingerprint density at radius 1 is 1.14 bits per heavy atom. The Labute approximate surface area is 128 Å². The van der Waals surface area contributed by atoms with Crippen molar-refractivity contribution in [1.82, 2.24) is 0 Å². The van der Waals surface area contributed by atoms with E-state index in [9.17, 15) is 4.79 Å². The summed E-state index contributed by atoms with van der Waals surface area (Å²) < 4.78 is 5.25. The van der Waals surface area contributed by atoms with E-state index in [-0.39, 0.29) is 11.8 Å². The highest BCUT2D eigenvalue weighted by Gasteiger charge is 2.23. The summed E-state index contributed by atoms with van der Waals surface area (Å²) in [5, 5.41) is 3.67. The van der Waals surface area contributed by atoms with Gasteiger partial charge < -0.3 is 10.1 Å². The van der Waals surface area contributed by atoms with Gasteiger partial charge in [-0.15, -0.1) is 0 Å². The molecular weight excluding hydrogens is 286 g/mol. The Bertz CT molecular complexity index is 633. The van der Waals surface area contributed by atoms with Gasteiger partial charge in [0.15, 0.2) is 0 Å². The van der Waals surface area contributed by atoms with Gasteiger partial charge in [0, 0.05) is 17.3 Å². The molecule has 0 bridgehead atoms. The minimum atomic E-state index is -0.0378. The Morgan fingerprint density at radius 3 is 2.67 bits per heavy atom. The largest absolute Gasteiger partial charge is 0.381 e. The zero-order valence-electron chi connectivity index (χ0n) is 11.5. The van der Waals surface area contributed by atoms with Gasteiger partial charge >= 0.3 is 0 Å². The van der Waals surface area contributed by atoms with E-state index in [4.69, 9.17) is 16.3 Å². The van der Waals surface area contributed by atoms with Crippen LogP contribution in [-0.4, -0.2) is 19.1 Å². The first-order valence-corrected chi connectivity index (χ1v) is 7.35. The average molecular weight is 302 g/mol. The van der Waals surface area contributed by atoms with Gasteiger partial charge in [-0.05, 0) is 41.8 Å². The third-order valence-electron chi connectivity index (χ3n) is 3.61. The quantitative estimate of drug-likeness (QED) is 0.931. The van der Waals surface area contributed by atoms with Crippen molar-refractivity contribution in [2.45, 2.75) is 6.42 Å². The fourth-order valence-corrected chi connectivity index (χ4v) is 2.53. The smallest absolute Gasteiger partial charge is 0.229 e. The van der Waals surface area contributed by atoms with Crippen LogP contribution in [0.3, 0.4) is 0 Å². The molecule has 2 aromatic rings. The maximum absolute atomic E-state index is 12.1. The maximum Gasteiger partial charge on any atom is 0.229 e. The summed E-state index contributed by atoms with van der Waals surface area (Å²) in [4.78, 5) is 12.1. The van der Waals surface area contributed by atoms with Crippen molar-refractivity contribution >= 4 is 23.2 Å². The monoisotopic (exact) mass is 301 g/mol. The number of rotatable bonds is 3. The summed E-state index contributed by atoms with van der Waals surface area (Å²) in [5.74, 6) is -0.00931. The van der Waals surface area contributed by atoms with Gasteiger partial charge in [-0.1, -0.05) is 35.9 Å². The third kappa shape index (κ3) is 3.43. The predicted molar refractivity (Wildman–Crippen MR) is 84.4 cm³/mol. The minimum Gasteiger partial charge on any atom is -0.381 e. The molecular formula is C17H16ClNO2. The number of carbonyl (C=O) groups excluding carboxylic acids is 1. The van der Waals surface area contributed by atoms with Crippen molar-refractivity contribution in [2.75, 3.05) is 18.5 Å². The predicted octanol–water partition coefficient (Wildman–Crippen LogP) is 3.98. The number of nitrogens with one attached hydrogen (secondary N) is 1. The van der Waals surface area contributed by atoms with E-state index >= 15 is 0 Å². The van der Waals surface area contributed by atoms with Crippen LogP contribution in [0.2, 0.25) is 5.02 Å². The van der Waals surface area contributed by atoms with Crippen LogP contribution < -0.4 is 5.32 Å². The van der Waals surface area contributed by atoms with Crippen LogP contribution in [-0.2, 0) is 9.53 Å². The molecule has 1 fully saturated rings. The van der Waals surface area contributed by atoms with Crippen molar-refractivity contribution in [2.24, 2.45) is 5.92 Å². The Kier molecular flexibility index (Phi) is 4.23. The molecule has 21 heavy (non-hydrogen) atoms. The van der Waals surface area contributed by atoms with E-state index < -0.39 is 0 Å². The first-order chi connectivity index (χ1) is 10.2. The number of hydrogen-bond acceptors (Lipinski definition) is 2. The molecule has 0 radical (unpaired) electrons. The van der Waals surface area contributed by atoms with E-state index in [1.165, 1.54) is 0 Å². The van der Waals surface area contributed by atoms with E-state index in [0.29, 0.717) is 18.2 Å². The van der Waals surface area contributed by atoms with Gasteiger partial charge in [0.25, 0.3) is 0 Å². The molecule has 2 aromatic carbocycles. The average Bonchev–Trinajstić information content (AvgIpc) is 3.02. The zero-order valence-corrected chi connectivity index (χ0v) is 12.3. The van der Waals surface area contributed by atoms with Crippen LogP contribution in [0.1, 0.15) is 6.42 Å². The molecule has 1 heterocycles. The first-order valence-electron chi connectivity index (χ1n) is 6.97. The molecule has 3 nitrogen and oxygen atoms in total. The van der Waals surface area contributed by atoms with Crippen molar-refractivity contribution in [1.29, 1.82) is 0 Å². The summed E-state index contributed by atoms with van der Waals surface area (Å²) in [5.41, 5.74) is 2.92. The summed E-state index contributed by atoms with van der Waals surface area (Å²) >= 11 is 5.90. The lowest BCUT2D eigenvalue weighted by Crippen LogP contribution is -2.22. The molecule has 4 heteroatoms. The molecule has 0 aliphatic carbocycles. The Morgan fingerprint density at radius 2 is 1.95 bits per heavy atom. The number of carbonyl (C=O) groups is 1. The molecule has 1 unspecified atom stereocenters. The van der Waals surface area contributed by atoms with E-state index in [1.54, 1.807) is 0 Å². The highest BCUT2D eigenvalue weighted by molar-refractivity contribution is 6.30. The molecule has 0 saturated carbocycles. The van der Waals surface area contributed by atoms with Gasteiger partial charge in [-0.2, -0.15) is 0 Å². The fourth-order valence-electron chi connectivity index (χ4n) is 2.40. The molecule has 1 atom stereocenters. The minimum absolute atomic E-state index is 0.0285. The Hall–Kier alpha value is -1.84. The van der Waals surface area contributed by atoms with Gasteiger partial charge in [0.2, 0.25) is 5.91 Å². The lowest BCUT2D eigenvalue weighted by molar-refractivity contribution is -0.119. The molecule has 0 spiro atoms. The fraction of sp³-hybridized carbons (Fsp3) is 0.235. The molecule has 1 aliphatic heterocycles. The van der Waals surface area contributed by atoms with Gasteiger partial charge in [-0.3, -0.25) is 4.79 Å². The van der Waals surface area contributed by atoms with Crippen LogP contribution in [0.5, 0.6) is 0 Å². The van der Waals surface area contributed by atoms with E-state index in [0.717, 1.165) is 23.2 Å². The van der Waals surface area contributed by atoms with E-state index in [1.807, 2.05) is 48.5 Å². The van der Waals surface area contributed by atoms with E-state index in [2.05, 4.69) is 5.32 Å². The van der Waals surface area contributed by atoms with Crippen LogP contribution >= 0.6 is 11.6 Å². The van der Waals surface area contributed by atoms with Crippen LogP contribution in [0.4, 0.5) is 5.69 Å². The molecule has 1 amide bonds. The lowest BCUT2D eigenvalue weighted by atomic mass is 10.0. The Balaban J connectivity index is 1.76. The standard InChI is InChI=1S/C17H16ClNO2/c18-15-6-4-12(5-7-15)13-2-1-3-16(10-13)19-17(20)14-8-9-21-11-14/h1-7,10,14H,8-9,11H2,(H,19,20). The van der Waals surface area contributed by atoms with Crippen LogP contribution in [0, 0.1) is 5.92 Å².